The van der Waals surface area contributed by atoms with Crippen LogP contribution in [0.1, 0.15) is 55.3 Å². The van der Waals surface area contributed by atoms with Gasteiger partial charge in [-0.2, -0.15) is 0 Å². The van der Waals surface area contributed by atoms with E-state index in [1.54, 1.807) is 0 Å². The molecule has 2 nitrogen and oxygen atoms in total. The van der Waals surface area contributed by atoms with E-state index in [9.17, 15) is 0 Å². The van der Waals surface area contributed by atoms with E-state index in [2.05, 4.69) is 48.1 Å². The zero-order valence-electron chi connectivity index (χ0n) is 12.7. The predicted molar refractivity (Wildman–Crippen MR) is 90.5 cm³/mol. The third-order valence-electron chi connectivity index (χ3n) is 4.02. The number of ether oxygens (including phenoxy) is 1. The molecule has 0 radical (unpaired) electrons. The van der Waals surface area contributed by atoms with Crippen LogP contribution in [-0.4, -0.2) is 19.3 Å². The van der Waals surface area contributed by atoms with Crippen LogP contribution in [0.15, 0.2) is 10.5 Å². The Hall–Kier alpha value is 0.1000. The van der Waals surface area contributed by atoms with E-state index in [-0.39, 0.29) is 0 Å². The third kappa shape index (κ3) is 4.30. The van der Waals surface area contributed by atoms with Crippen LogP contribution in [0.3, 0.4) is 0 Å². The Labute approximate surface area is 135 Å². The minimum Gasteiger partial charge on any atom is -0.378 e. The van der Waals surface area contributed by atoms with E-state index in [0.29, 0.717) is 12.1 Å². The third-order valence-corrected chi connectivity index (χ3v) is 6.27. The Balaban J connectivity index is 1.91. The minimum absolute atomic E-state index is 0.512. The van der Waals surface area contributed by atoms with Crippen LogP contribution in [0, 0.1) is 12.8 Å². The van der Waals surface area contributed by atoms with Gasteiger partial charge in [-0.15, -0.1) is 11.3 Å². The van der Waals surface area contributed by atoms with Gasteiger partial charge in [-0.1, -0.05) is 6.92 Å². The molecule has 0 saturated heterocycles. The van der Waals surface area contributed by atoms with Crippen molar-refractivity contribution in [2.75, 3.05) is 13.2 Å². The van der Waals surface area contributed by atoms with Crippen molar-refractivity contribution in [2.45, 2.75) is 58.6 Å². The first kappa shape index (κ1) is 16.5. The summed E-state index contributed by atoms with van der Waals surface area (Å²) in [7, 11) is 0. The largest absolute Gasteiger partial charge is 0.378 e. The first-order valence-electron chi connectivity index (χ1n) is 7.74. The fourth-order valence-electron chi connectivity index (χ4n) is 2.84. The van der Waals surface area contributed by atoms with Gasteiger partial charge in [0.1, 0.15) is 0 Å². The second-order valence-electron chi connectivity index (χ2n) is 5.71. The van der Waals surface area contributed by atoms with Crippen molar-refractivity contribution in [1.29, 1.82) is 0 Å². The molecule has 1 fully saturated rings. The lowest BCUT2D eigenvalue weighted by molar-refractivity contribution is -0.0290. The van der Waals surface area contributed by atoms with Gasteiger partial charge < -0.3 is 10.1 Å². The van der Waals surface area contributed by atoms with Crippen molar-refractivity contribution >= 4 is 27.3 Å². The SMILES string of the molecule is CCCNC(CC1CC(OCC)C1)c1cc(Br)c(C)s1. The molecule has 0 bridgehead atoms. The van der Waals surface area contributed by atoms with Crippen molar-refractivity contribution in [2.24, 2.45) is 5.92 Å². The molecule has 1 aromatic rings. The van der Waals surface area contributed by atoms with Gasteiger partial charge in [-0.25, -0.2) is 0 Å². The maximum atomic E-state index is 5.67. The van der Waals surface area contributed by atoms with E-state index in [0.717, 1.165) is 19.1 Å². The highest BCUT2D eigenvalue weighted by atomic mass is 79.9. The zero-order valence-corrected chi connectivity index (χ0v) is 15.1. The number of nitrogens with one attached hydrogen (secondary N) is 1. The summed E-state index contributed by atoms with van der Waals surface area (Å²) >= 11 is 5.56. The first-order chi connectivity index (χ1) is 9.63. The predicted octanol–water partition coefficient (Wildman–Crippen LogP) is 5.06. The second kappa shape index (κ2) is 7.92. The van der Waals surface area contributed by atoms with Gasteiger partial charge in [0.2, 0.25) is 0 Å². The standard InChI is InChI=1S/C16H26BrNOS/c1-4-6-18-15(16-10-14(17)11(3)20-16)9-12-7-13(8-12)19-5-2/h10,12-13,15,18H,4-9H2,1-3H3. The van der Waals surface area contributed by atoms with Crippen LogP contribution in [-0.2, 0) is 4.74 Å². The van der Waals surface area contributed by atoms with Crippen LogP contribution in [0.25, 0.3) is 0 Å². The monoisotopic (exact) mass is 359 g/mol. The molecule has 2 rings (SSSR count). The summed E-state index contributed by atoms with van der Waals surface area (Å²) in [4.78, 5) is 2.85. The number of thiophene rings is 1. The van der Waals surface area contributed by atoms with E-state index in [1.807, 2.05) is 11.3 Å². The van der Waals surface area contributed by atoms with Gasteiger partial charge in [0.05, 0.1) is 6.10 Å². The van der Waals surface area contributed by atoms with Crippen molar-refractivity contribution in [1.82, 2.24) is 5.32 Å². The molecule has 1 unspecified atom stereocenters. The van der Waals surface area contributed by atoms with E-state index in [4.69, 9.17) is 4.74 Å². The van der Waals surface area contributed by atoms with Gasteiger partial charge in [-0.05, 0) is 74.0 Å². The molecule has 114 valence electrons. The molecule has 1 saturated carbocycles. The van der Waals surface area contributed by atoms with Crippen LogP contribution in [0.4, 0.5) is 0 Å². The molecule has 1 aliphatic carbocycles. The summed E-state index contributed by atoms with van der Waals surface area (Å²) in [5.41, 5.74) is 0. The molecule has 0 amide bonds. The van der Waals surface area contributed by atoms with Crippen LogP contribution in [0.2, 0.25) is 0 Å². The number of rotatable bonds is 8. The average Bonchev–Trinajstić information content (AvgIpc) is 2.71. The topological polar surface area (TPSA) is 21.3 Å². The Morgan fingerprint density at radius 3 is 2.75 bits per heavy atom. The lowest BCUT2D eigenvalue weighted by Crippen LogP contribution is -2.34. The first-order valence-corrected chi connectivity index (χ1v) is 9.35. The van der Waals surface area contributed by atoms with E-state index < -0.39 is 0 Å². The molecule has 20 heavy (non-hydrogen) atoms. The van der Waals surface area contributed by atoms with Crippen LogP contribution >= 0.6 is 27.3 Å². The highest BCUT2D eigenvalue weighted by Gasteiger charge is 2.32. The van der Waals surface area contributed by atoms with Gasteiger partial charge in [0, 0.05) is 26.9 Å². The van der Waals surface area contributed by atoms with Crippen molar-refractivity contribution in [3.63, 3.8) is 0 Å². The Morgan fingerprint density at radius 1 is 1.45 bits per heavy atom. The highest BCUT2D eigenvalue weighted by molar-refractivity contribution is 9.10. The molecule has 0 spiro atoms. The van der Waals surface area contributed by atoms with Crippen LogP contribution in [0.5, 0.6) is 0 Å². The smallest absolute Gasteiger partial charge is 0.0580 e. The lowest BCUT2D eigenvalue weighted by atomic mass is 9.78. The molecule has 1 aliphatic rings. The Kier molecular flexibility index (Phi) is 6.53. The summed E-state index contributed by atoms with van der Waals surface area (Å²) in [6, 6.07) is 2.81. The molecular formula is C16H26BrNOS. The minimum atomic E-state index is 0.512. The van der Waals surface area contributed by atoms with Crippen molar-refractivity contribution < 1.29 is 4.74 Å². The molecule has 0 aliphatic heterocycles. The molecule has 1 N–H and O–H groups in total. The number of hydrogen-bond acceptors (Lipinski definition) is 3. The molecule has 1 aromatic heterocycles. The summed E-state index contributed by atoms with van der Waals surface area (Å²) in [6.45, 7) is 8.45. The summed E-state index contributed by atoms with van der Waals surface area (Å²) in [5, 5.41) is 3.72. The Morgan fingerprint density at radius 2 is 2.20 bits per heavy atom. The van der Waals surface area contributed by atoms with Crippen molar-refractivity contribution in [3.8, 4) is 0 Å². The Bertz CT molecular complexity index is 395. The molecule has 1 atom stereocenters. The summed E-state index contributed by atoms with van der Waals surface area (Å²) < 4.78 is 6.93. The van der Waals surface area contributed by atoms with E-state index in [1.165, 1.54) is 39.9 Å². The van der Waals surface area contributed by atoms with Gasteiger partial charge in [0.15, 0.2) is 0 Å². The van der Waals surface area contributed by atoms with Crippen molar-refractivity contribution in [3.05, 3.63) is 20.3 Å². The quantitative estimate of drug-likeness (QED) is 0.699. The lowest BCUT2D eigenvalue weighted by Gasteiger charge is -2.37. The highest BCUT2D eigenvalue weighted by Crippen LogP contribution is 2.39. The number of aryl methyl sites for hydroxylation is 1. The second-order valence-corrected chi connectivity index (χ2v) is 7.85. The maximum Gasteiger partial charge on any atom is 0.0580 e. The fourth-order valence-corrected chi connectivity index (χ4v) is 4.49. The average molecular weight is 360 g/mol. The molecule has 4 heteroatoms. The molecule has 1 heterocycles. The number of hydrogen-bond donors (Lipinski definition) is 1. The van der Waals surface area contributed by atoms with E-state index >= 15 is 0 Å². The molecule has 0 aromatic carbocycles. The number of halogens is 1. The van der Waals surface area contributed by atoms with Gasteiger partial charge in [0.25, 0.3) is 0 Å². The molecular weight excluding hydrogens is 334 g/mol. The van der Waals surface area contributed by atoms with Gasteiger partial charge >= 0.3 is 0 Å². The fraction of sp³-hybridized carbons (Fsp3) is 0.750. The maximum absolute atomic E-state index is 5.67. The normalized spacial score (nSPS) is 23.6. The summed E-state index contributed by atoms with van der Waals surface area (Å²) in [5.74, 6) is 0.821. The van der Waals surface area contributed by atoms with Crippen LogP contribution < -0.4 is 5.32 Å². The zero-order chi connectivity index (χ0) is 14.5. The summed E-state index contributed by atoms with van der Waals surface area (Å²) in [6.07, 6.45) is 5.44. The van der Waals surface area contributed by atoms with Gasteiger partial charge in [-0.3, -0.25) is 0 Å².